The van der Waals surface area contributed by atoms with Crippen LogP contribution in [0.1, 0.15) is 5.69 Å². The van der Waals surface area contributed by atoms with E-state index in [0.717, 1.165) is 18.4 Å². The Kier molecular flexibility index (Phi) is 4.43. The van der Waals surface area contributed by atoms with Crippen molar-refractivity contribution in [3.05, 3.63) is 47.9 Å². The van der Waals surface area contributed by atoms with E-state index in [1.165, 1.54) is 12.4 Å². The quantitative estimate of drug-likeness (QED) is 0.785. The van der Waals surface area contributed by atoms with Crippen LogP contribution in [0.3, 0.4) is 0 Å². The molecule has 1 aromatic carbocycles. The van der Waals surface area contributed by atoms with E-state index in [2.05, 4.69) is 14.2 Å². The summed E-state index contributed by atoms with van der Waals surface area (Å²) in [5.41, 5.74) is 0.257. The molecular weight excluding hydrogens is 306 g/mol. The predicted molar refractivity (Wildman–Crippen MR) is 68.1 cm³/mol. The molecule has 0 spiro atoms. The largest absolute Gasteiger partial charge is 0.434 e. The molecule has 2 aromatic rings. The third kappa shape index (κ3) is 4.72. The van der Waals surface area contributed by atoms with Crippen LogP contribution in [0.2, 0.25) is 0 Å². The Morgan fingerprint density at radius 2 is 1.95 bits per heavy atom. The number of rotatable bonds is 5. The summed E-state index contributed by atoms with van der Waals surface area (Å²) in [4.78, 5) is 7.67. The summed E-state index contributed by atoms with van der Waals surface area (Å²) in [6.07, 6.45) is 3.31. The van der Waals surface area contributed by atoms with Gasteiger partial charge < -0.3 is 4.74 Å². The Labute approximate surface area is 119 Å². The first kappa shape index (κ1) is 15.3. The fourth-order valence-electron chi connectivity index (χ4n) is 1.31. The number of aromatic nitrogens is 2. The van der Waals surface area contributed by atoms with Gasteiger partial charge in [0.25, 0.3) is 10.1 Å². The van der Waals surface area contributed by atoms with E-state index in [9.17, 15) is 17.2 Å². The van der Waals surface area contributed by atoms with Gasteiger partial charge in [-0.25, -0.2) is 13.8 Å². The first-order valence-electron chi connectivity index (χ1n) is 5.62. The van der Waals surface area contributed by atoms with E-state index < -0.39 is 21.8 Å². The van der Waals surface area contributed by atoms with Crippen LogP contribution < -0.4 is 4.74 Å². The predicted octanol–water partition coefficient (Wildman–Crippen LogP) is 2.02. The van der Waals surface area contributed by atoms with Crippen LogP contribution in [0.5, 0.6) is 11.6 Å². The molecule has 112 valence electrons. The molecule has 2 rings (SSSR count). The summed E-state index contributed by atoms with van der Waals surface area (Å²) in [7, 11) is -3.57. The van der Waals surface area contributed by atoms with Gasteiger partial charge in [0.2, 0.25) is 5.88 Å². The normalized spacial score (nSPS) is 11.4. The first-order chi connectivity index (χ1) is 9.83. The van der Waals surface area contributed by atoms with Gasteiger partial charge in [0.1, 0.15) is 12.4 Å². The number of hydrogen-bond donors (Lipinski definition) is 0. The van der Waals surface area contributed by atoms with E-state index in [4.69, 9.17) is 4.74 Å². The van der Waals surface area contributed by atoms with Crippen molar-refractivity contribution in [1.82, 2.24) is 9.97 Å². The van der Waals surface area contributed by atoms with Crippen LogP contribution in [0.15, 0.2) is 30.6 Å². The van der Waals surface area contributed by atoms with Crippen LogP contribution in [-0.4, -0.2) is 24.6 Å². The van der Waals surface area contributed by atoms with E-state index in [-0.39, 0.29) is 23.9 Å². The second-order valence-corrected chi connectivity index (χ2v) is 5.63. The zero-order valence-electron chi connectivity index (χ0n) is 10.8. The lowest BCUT2D eigenvalue weighted by molar-refractivity contribution is 0.306. The summed E-state index contributed by atoms with van der Waals surface area (Å²) in [6.45, 7) is -0.267. The number of benzene rings is 1. The van der Waals surface area contributed by atoms with Crippen molar-refractivity contribution in [1.29, 1.82) is 0 Å². The van der Waals surface area contributed by atoms with Gasteiger partial charge in [-0.3, -0.25) is 9.17 Å². The van der Waals surface area contributed by atoms with E-state index >= 15 is 0 Å². The van der Waals surface area contributed by atoms with Crippen LogP contribution in [0, 0.1) is 11.6 Å². The zero-order chi connectivity index (χ0) is 15.5. The molecule has 0 amide bonds. The lowest BCUT2D eigenvalue weighted by atomic mass is 10.3. The van der Waals surface area contributed by atoms with Crippen molar-refractivity contribution < 1.29 is 26.1 Å². The van der Waals surface area contributed by atoms with Gasteiger partial charge >= 0.3 is 0 Å². The second kappa shape index (κ2) is 6.10. The van der Waals surface area contributed by atoms with Gasteiger partial charge in [-0.1, -0.05) is 0 Å². The summed E-state index contributed by atoms with van der Waals surface area (Å²) >= 11 is 0. The molecule has 0 bridgehead atoms. The van der Waals surface area contributed by atoms with E-state index in [1.807, 2.05) is 0 Å². The molecule has 0 aliphatic carbocycles. The highest BCUT2D eigenvalue weighted by Crippen LogP contribution is 2.22. The molecule has 1 heterocycles. The third-order valence-corrected chi connectivity index (χ3v) is 2.76. The van der Waals surface area contributed by atoms with Crippen molar-refractivity contribution in [2.45, 2.75) is 6.61 Å². The van der Waals surface area contributed by atoms with E-state index in [1.54, 1.807) is 0 Å². The molecule has 0 saturated heterocycles. The fourth-order valence-corrected chi connectivity index (χ4v) is 1.64. The van der Waals surface area contributed by atoms with Crippen molar-refractivity contribution in [3.8, 4) is 11.6 Å². The molecule has 0 aliphatic heterocycles. The molecule has 0 N–H and O–H groups in total. The monoisotopic (exact) mass is 316 g/mol. The number of hydrogen-bond acceptors (Lipinski definition) is 6. The molecule has 21 heavy (non-hydrogen) atoms. The molecule has 0 unspecified atom stereocenters. The highest BCUT2D eigenvalue weighted by atomic mass is 32.2. The minimum atomic E-state index is -3.57. The number of ether oxygens (including phenoxy) is 1. The summed E-state index contributed by atoms with van der Waals surface area (Å²) in [5, 5.41) is 0. The van der Waals surface area contributed by atoms with Crippen molar-refractivity contribution in [2.24, 2.45) is 0 Å². The standard InChI is InChI=1S/C12H10F2N2O4S/c1-21(17,18)19-7-9-5-16-12(6-15-9)20-11-3-2-8(13)4-10(11)14/h2-6H,7H2,1H3. The van der Waals surface area contributed by atoms with Gasteiger partial charge in [0, 0.05) is 6.07 Å². The SMILES string of the molecule is CS(=O)(=O)OCc1cnc(Oc2ccc(F)cc2F)cn1. The Bertz CT molecular complexity index is 735. The fraction of sp³-hybridized carbons (Fsp3) is 0.167. The van der Waals surface area contributed by atoms with Gasteiger partial charge in [-0.2, -0.15) is 8.42 Å². The van der Waals surface area contributed by atoms with Gasteiger partial charge in [0.05, 0.1) is 24.3 Å². The molecule has 0 saturated carbocycles. The van der Waals surface area contributed by atoms with Crippen molar-refractivity contribution in [3.63, 3.8) is 0 Å². The molecule has 9 heteroatoms. The van der Waals surface area contributed by atoms with Crippen LogP contribution in [0.4, 0.5) is 8.78 Å². The molecule has 0 fully saturated rings. The lowest BCUT2D eigenvalue weighted by Crippen LogP contribution is -2.04. The highest BCUT2D eigenvalue weighted by Gasteiger charge is 2.08. The maximum atomic E-state index is 13.4. The van der Waals surface area contributed by atoms with Gasteiger partial charge in [-0.15, -0.1) is 0 Å². The van der Waals surface area contributed by atoms with Crippen LogP contribution >= 0.6 is 0 Å². The first-order valence-corrected chi connectivity index (χ1v) is 7.43. The lowest BCUT2D eigenvalue weighted by Gasteiger charge is -2.06. The van der Waals surface area contributed by atoms with Gasteiger partial charge in [-0.05, 0) is 12.1 Å². The summed E-state index contributed by atoms with van der Waals surface area (Å²) in [6, 6.07) is 2.84. The molecule has 0 atom stereocenters. The molecular formula is C12H10F2N2O4S. The van der Waals surface area contributed by atoms with Gasteiger partial charge in [0.15, 0.2) is 11.6 Å². The maximum absolute atomic E-state index is 13.4. The minimum Gasteiger partial charge on any atom is -0.434 e. The Morgan fingerprint density at radius 1 is 1.19 bits per heavy atom. The highest BCUT2D eigenvalue weighted by molar-refractivity contribution is 7.85. The Morgan fingerprint density at radius 3 is 2.52 bits per heavy atom. The average molecular weight is 316 g/mol. The Balaban J connectivity index is 2.05. The van der Waals surface area contributed by atoms with E-state index in [0.29, 0.717) is 6.07 Å². The summed E-state index contributed by atoms with van der Waals surface area (Å²) in [5.74, 6) is -1.82. The second-order valence-electron chi connectivity index (χ2n) is 3.99. The minimum absolute atomic E-state index is 0.0244. The summed E-state index contributed by atoms with van der Waals surface area (Å²) < 4.78 is 57.3. The molecule has 6 nitrogen and oxygen atoms in total. The zero-order valence-corrected chi connectivity index (χ0v) is 11.6. The van der Waals surface area contributed by atoms with Crippen molar-refractivity contribution >= 4 is 10.1 Å². The average Bonchev–Trinajstić information content (AvgIpc) is 2.40. The molecule has 0 radical (unpaired) electrons. The van der Waals surface area contributed by atoms with Crippen molar-refractivity contribution in [2.75, 3.05) is 6.26 Å². The number of nitrogens with zero attached hydrogens (tertiary/aromatic N) is 2. The third-order valence-electron chi connectivity index (χ3n) is 2.21. The maximum Gasteiger partial charge on any atom is 0.264 e. The van der Waals surface area contributed by atoms with Crippen LogP contribution in [-0.2, 0) is 20.9 Å². The van der Waals surface area contributed by atoms with Crippen LogP contribution in [0.25, 0.3) is 0 Å². The number of halogens is 2. The molecule has 0 aliphatic rings. The Hall–Kier alpha value is -2.13. The smallest absolute Gasteiger partial charge is 0.264 e. The topological polar surface area (TPSA) is 78.4 Å². The molecule has 1 aromatic heterocycles.